The van der Waals surface area contributed by atoms with Gasteiger partial charge in [0.15, 0.2) is 0 Å². The summed E-state index contributed by atoms with van der Waals surface area (Å²) in [7, 11) is 0. The van der Waals surface area contributed by atoms with E-state index in [0.717, 1.165) is 31.1 Å². The van der Waals surface area contributed by atoms with E-state index < -0.39 is 0 Å². The summed E-state index contributed by atoms with van der Waals surface area (Å²) in [6.07, 6.45) is 3.86. The lowest BCUT2D eigenvalue weighted by Gasteiger charge is -2.05. The van der Waals surface area contributed by atoms with Crippen LogP contribution in [-0.2, 0) is 4.79 Å². The Balaban J connectivity index is 3.20. The highest BCUT2D eigenvalue weighted by Gasteiger charge is 2.01. The van der Waals surface area contributed by atoms with E-state index in [-0.39, 0.29) is 5.91 Å². The summed E-state index contributed by atoms with van der Waals surface area (Å²) in [5.74, 6) is 0.816. The largest absolute Gasteiger partial charge is 0.356 e. The Morgan fingerprint density at radius 2 is 2.08 bits per heavy atom. The minimum absolute atomic E-state index is 0.197. The number of unbranched alkanes of at least 4 members (excludes halogenated alkanes) is 1. The number of amides is 1. The minimum Gasteiger partial charge on any atom is -0.356 e. The maximum absolute atomic E-state index is 11.2. The van der Waals surface area contributed by atoms with Gasteiger partial charge in [0, 0.05) is 18.3 Å². The number of hydrogen-bond donors (Lipinski definition) is 1. The molecular weight excluding hydrogens is 230 g/mol. The van der Waals surface area contributed by atoms with E-state index in [2.05, 4.69) is 35.1 Å². The maximum Gasteiger partial charge on any atom is 0.220 e. The molecule has 0 aromatic rings. The van der Waals surface area contributed by atoms with Crippen LogP contribution >= 0.6 is 15.9 Å². The second-order valence-electron chi connectivity index (χ2n) is 3.68. The van der Waals surface area contributed by atoms with Crippen LogP contribution in [0.2, 0.25) is 0 Å². The molecule has 0 unspecified atom stereocenters. The molecule has 1 amide bonds. The molecule has 0 fully saturated rings. The van der Waals surface area contributed by atoms with E-state index in [1.54, 1.807) is 0 Å². The van der Waals surface area contributed by atoms with Crippen LogP contribution in [-0.4, -0.2) is 17.8 Å². The van der Waals surface area contributed by atoms with Crippen molar-refractivity contribution in [2.45, 2.75) is 39.5 Å². The van der Waals surface area contributed by atoms with Crippen LogP contribution in [0, 0.1) is 5.92 Å². The van der Waals surface area contributed by atoms with E-state index in [1.165, 1.54) is 0 Å². The van der Waals surface area contributed by atoms with Gasteiger partial charge in [0.05, 0.1) is 0 Å². The summed E-state index contributed by atoms with van der Waals surface area (Å²) in [5.41, 5.74) is 0. The van der Waals surface area contributed by atoms with Crippen LogP contribution in [0.25, 0.3) is 0 Å². The van der Waals surface area contributed by atoms with Gasteiger partial charge in [0.1, 0.15) is 0 Å². The van der Waals surface area contributed by atoms with Gasteiger partial charge in [-0.2, -0.15) is 0 Å². The fourth-order valence-corrected chi connectivity index (χ4v) is 1.35. The molecule has 0 aromatic carbocycles. The van der Waals surface area contributed by atoms with Gasteiger partial charge in [-0.25, -0.2) is 0 Å². The molecule has 0 atom stereocenters. The highest BCUT2D eigenvalue weighted by molar-refractivity contribution is 9.09. The van der Waals surface area contributed by atoms with Crippen LogP contribution < -0.4 is 5.32 Å². The summed E-state index contributed by atoms with van der Waals surface area (Å²) < 4.78 is 0. The number of alkyl halides is 1. The van der Waals surface area contributed by atoms with Gasteiger partial charge in [-0.05, 0) is 25.2 Å². The molecule has 0 spiro atoms. The van der Waals surface area contributed by atoms with E-state index in [9.17, 15) is 4.79 Å². The number of hydrogen-bond acceptors (Lipinski definition) is 1. The molecule has 0 saturated heterocycles. The summed E-state index contributed by atoms with van der Waals surface area (Å²) in [5, 5.41) is 3.94. The van der Waals surface area contributed by atoms with Gasteiger partial charge in [0.25, 0.3) is 0 Å². The standard InChI is InChI=1S/C10H20BrNO/c1-9(2)5-6-10(13)12-8-4-3-7-11/h9H,3-8H2,1-2H3,(H,12,13). The number of carbonyl (C=O) groups excluding carboxylic acids is 1. The lowest BCUT2D eigenvalue weighted by Crippen LogP contribution is -2.24. The van der Waals surface area contributed by atoms with E-state index in [0.29, 0.717) is 12.3 Å². The first-order chi connectivity index (χ1) is 6.16. The predicted molar refractivity (Wildman–Crippen MR) is 60.1 cm³/mol. The Hall–Kier alpha value is -0.0500. The van der Waals surface area contributed by atoms with Gasteiger partial charge >= 0.3 is 0 Å². The minimum atomic E-state index is 0.197. The first-order valence-corrected chi connectivity index (χ1v) is 6.11. The van der Waals surface area contributed by atoms with Crippen molar-refractivity contribution in [1.82, 2.24) is 5.32 Å². The molecule has 1 N–H and O–H groups in total. The molecule has 0 rings (SSSR count). The summed E-state index contributed by atoms with van der Waals surface area (Å²) in [4.78, 5) is 11.2. The third kappa shape index (κ3) is 9.87. The summed E-state index contributed by atoms with van der Waals surface area (Å²) in [6.45, 7) is 5.10. The smallest absolute Gasteiger partial charge is 0.220 e. The number of rotatable bonds is 7. The van der Waals surface area contributed by atoms with Crippen molar-refractivity contribution in [2.24, 2.45) is 5.92 Å². The SMILES string of the molecule is CC(C)CCC(=O)NCCCCBr. The van der Waals surface area contributed by atoms with Crippen LogP contribution in [0.4, 0.5) is 0 Å². The zero-order valence-corrected chi connectivity index (χ0v) is 10.2. The van der Waals surface area contributed by atoms with E-state index >= 15 is 0 Å². The van der Waals surface area contributed by atoms with Gasteiger partial charge in [-0.15, -0.1) is 0 Å². The molecule has 0 radical (unpaired) electrons. The van der Waals surface area contributed by atoms with Crippen molar-refractivity contribution in [2.75, 3.05) is 11.9 Å². The Morgan fingerprint density at radius 3 is 2.62 bits per heavy atom. The van der Waals surface area contributed by atoms with Crippen molar-refractivity contribution in [3.8, 4) is 0 Å². The third-order valence-corrected chi connectivity index (χ3v) is 2.39. The molecule has 0 aromatic heterocycles. The zero-order valence-electron chi connectivity index (χ0n) is 8.61. The lowest BCUT2D eigenvalue weighted by molar-refractivity contribution is -0.121. The normalized spacial score (nSPS) is 10.5. The van der Waals surface area contributed by atoms with Gasteiger partial charge < -0.3 is 5.32 Å². The third-order valence-electron chi connectivity index (χ3n) is 1.83. The number of carbonyl (C=O) groups is 1. The fraction of sp³-hybridized carbons (Fsp3) is 0.900. The molecule has 3 heteroatoms. The molecule has 2 nitrogen and oxygen atoms in total. The molecule has 0 aliphatic rings. The van der Waals surface area contributed by atoms with Gasteiger partial charge in [-0.3, -0.25) is 4.79 Å². The monoisotopic (exact) mass is 249 g/mol. The Labute approximate surface area is 89.6 Å². The Bertz CT molecular complexity index is 137. The summed E-state index contributed by atoms with van der Waals surface area (Å²) in [6, 6.07) is 0. The van der Waals surface area contributed by atoms with Gasteiger partial charge in [0.2, 0.25) is 5.91 Å². The van der Waals surface area contributed by atoms with E-state index in [1.807, 2.05) is 0 Å². The molecule has 0 bridgehead atoms. The van der Waals surface area contributed by atoms with Crippen LogP contribution in [0.1, 0.15) is 39.5 Å². The molecule has 78 valence electrons. The van der Waals surface area contributed by atoms with Crippen molar-refractivity contribution < 1.29 is 4.79 Å². The van der Waals surface area contributed by atoms with Crippen molar-refractivity contribution >= 4 is 21.8 Å². The summed E-state index contributed by atoms with van der Waals surface area (Å²) >= 11 is 3.35. The topological polar surface area (TPSA) is 29.1 Å². The number of nitrogens with one attached hydrogen (secondary N) is 1. The zero-order chi connectivity index (χ0) is 10.1. The second kappa shape index (κ2) is 8.54. The second-order valence-corrected chi connectivity index (χ2v) is 4.47. The molecular formula is C10H20BrNO. The molecule has 13 heavy (non-hydrogen) atoms. The van der Waals surface area contributed by atoms with Crippen LogP contribution in [0.5, 0.6) is 0 Å². The first kappa shape index (κ1) is 12.9. The Kier molecular flexibility index (Phi) is 8.51. The molecule has 0 aliphatic carbocycles. The average Bonchev–Trinajstić information content (AvgIpc) is 2.09. The van der Waals surface area contributed by atoms with Crippen LogP contribution in [0.3, 0.4) is 0 Å². The average molecular weight is 250 g/mol. The highest BCUT2D eigenvalue weighted by atomic mass is 79.9. The van der Waals surface area contributed by atoms with Crippen molar-refractivity contribution in [3.05, 3.63) is 0 Å². The lowest BCUT2D eigenvalue weighted by atomic mass is 10.1. The van der Waals surface area contributed by atoms with E-state index in [4.69, 9.17) is 0 Å². The van der Waals surface area contributed by atoms with Crippen LogP contribution in [0.15, 0.2) is 0 Å². The molecule has 0 saturated carbocycles. The quantitative estimate of drug-likeness (QED) is 0.546. The molecule has 0 aliphatic heterocycles. The van der Waals surface area contributed by atoms with Gasteiger partial charge in [-0.1, -0.05) is 29.8 Å². The van der Waals surface area contributed by atoms with Crippen molar-refractivity contribution in [1.29, 1.82) is 0 Å². The Morgan fingerprint density at radius 1 is 1.38 bits per heavy atom. The van der Waals surface area contributed by atoms with Crippen molar-refractivity contribution in [3.63, 3.8) is 0 Å². The molecule has 0 heterocycles. The first-order valence-electron chi connectivity index (χ1n) is 4.99. The highest BCUT2D eigenvalue weighted by Crippen LogP contribution is 2.02. The predicted octanol–water partition coefficient (Wildman–Crippen LogP) is 2.71. The number of halogens is 1. The maximum atomic E-state index is 11.2. The fourth-order valence-electron chi connectivity index (χ4n) is 0.955.